The number of rotatable bonds is 4. The number of carbonyl (C=O) groups excluding carboxylic acids is 2. The van der Waals surface area contributed by atoms with E-state index in [2.05, 4.69) is 5.32 Å². The highest BCUT2D eigenvalue weighted by molar-refractivity contribution is 6.30. The highest BCUT2D eigenvalue weighted by atomic mass is 35.5. The molecule has 0 spiro atoms. The Morgan fingerprint density at radius 3 is 2.62 bits per heavy atom. The van der Waals surface area contributed by atoms with Crippen molar-refractivity contribution in [1.29, 1.82) is 0 Å². The molecule has 0 saturated carbocycles. The molecule has 1 heterocycles. The van der Waals surface area contributed by atoms with Crippen LogP contribution in [0.4, 0.5) is 13.6 Å². The fraction of sp³-hybridized carbons (Fsp3) is 0.222. The van der Waals surface area contributed by atoms with Crippen LogP contribution < -0.4 is 10.1 Å². The fourth-order valence-electron chi connectivity index (χ4n) is 2.94. The molecule has 1 aliphatic heterocycles. The van der Waals surface area contributed by atoms with E-state index < -0.39 is 29.1 Å². The molecule has 26 heavy (non-hydrogen) atoms. The van der Waals surface area contributed by atoms with Gasteiger partial charge in [-0.2, -0.15) is 0 Å². The van der Waals surface area contributed by atoms with Gasteiger partial charge in [0.1, 0.15) is 22.9 Å². The number of hydrogen-bond acceptors (Lipinski definition) is 3. The highest BCUT2D eigenvalue weighted by Gasteiger charge is 2.50. The van der Waals surface area contributed by atoms with E-state index >= 15 is 0 Å². The summed E-state index contributed by atoms with van der Waals surface area (Å²) in [6.07, 6.45) is 0. The van der Waals surface area contributed by atoms with Crippen molar-refractivity contribution in [1.82, 2.24) is 10.2 Å². The van der Waals surface area contributed by atoms with Crippen molar-refractivity contribution in [2.45, 2.75) is 19.0 Å². The Labute approximate surface area is 153 Å². The molecular weight excluding hydrogens is 366 g/mol. The first-order valence-electron chi connectivity index (χ1n) is 7.68. The van der Waals surface area contributed by atoms with Crippen LogP contribution in [0.1, 0.15) is 18.1 Å². The summed E-state index contributed by atoms with van der Waals surface area (Å²) >= 11 is 5.97. The molecule has 1 aliphatic rings. The number of carbonyl (C=O) groups is 2. The molecule has 1 unspecified atom stereocenters. The minimum atomic E-state index is -1.71. The normalized spacial score (nSPS) is 19.7. The molecule has 1 saturated heterocycles. The van der Waals surface area contributed by atoms with Gasteiger partial charge in [-0.1, -0.05) is 11.6 Å². The van der Waals surface area contributed by atoms with Crippen LogP contribution >= 0.6 is 11.6 Å². The van der Waals surface area contributed by atoms with Crippen LogP contribution in [0.3, 0.4) is 0 Å². The standard InChI is InChI=1S/C18H15ClF2N2O3/c1-18(13-8-12(20)4-5-14(13)21)16(24)23(17(25)22-18)9-10-7-11(19)3-6-15(10)26-2/h3-8H,9H2,1-2H3,(H,22,25). The van der Waals surface area contributed by atoms with E-state index in [-0.39, 0.29) is 12.1 Å². The second-order valence-corrected chi connectivity index (χ2v) is 6.46. The van der Waals surface area contributed by atoms with Gasteiger partial charge in [-0.25, -0.2) is 13.6 Å². The van der Waals surface area contributed by atoms with Gasteiger partial charge < -0.3 is 10.1 Å². The van der Waals surface area contributed by atoms with Gasteiger partial charge in [0.15, 0.2) is 0 Å². The van der Waals surface area contributed by atoms with E-state index in [9.17, 15) is 18.4 Å². The highest BCUT2D eigenvalue weighted by Crippen LogP contribution is 2.33. The van der Waals surface area contributed by atoms with Crippen molar-refractivity contribution in [3.63, 3.8) is 0 Å². The van der Waals surface area contributed by atoms with Crippen molar-refractivity contribution in [3.8, 4) is 5.75 Å². The van der Waals surface area contributed by atoms with Crippen LogP contribution in [0.25, 0.3) is 0 Å². The Balaban J connectivity index is 1.97. The molecule has 0 aliphatic carbocycles. The predicted octanol–water partition coefficient (Wildman–Crippen LogP) is 3.59. The summed E-state index contributed by atoms with van der Waals surface area (Å²) in [5.41, 5.74) is -1.45. The topological polar surface area (TPSA) is 58.6 Å². The number of nitrogens with one attached hydrogen (secondary N) is 1. The van der Waals surface area contributed by atoms with Crippen LogP contribution in [0.2, 0.25) is 5.02 Å². The van der Waals surface area contributed by atoms with Crippen LogP contribution in [-0.4, -0.2) is 23.9 Å². The number of imide groups is 1. The lowest BCUT2D eigenvalue weighted by Crippen LogP contribution is -2.41. The summed E-state index contributed by atoms with van der Waals surface area (Å²) in [6.45, 7) is 1.21. The third-order valence-electron chi connectivity index (χ3n) is 4.31. The lowest BCUT2D eigenvalue weighted by atomic mass is 9.91. The van der Waals surface area contributed by atoms with Gasteiger partial charge in [0, 0.05) is 16.1 Å². The maximum absolute atomic E-state index is 14.2. The monoisotopic (exact) mass is 380 g/mol. The van der Waals surface area contributed by atoms with E-state index in [4.69, 9.17) is 16.3 Å². The van der Waals surface area contributed by atoms with Gasteiger partial charge in [0.25, 0.3) is 5.91 Å². The molecule has 3 amide bonds. The first-order chi connectivity index (χ1) is 12.3. The van der Waals surface area contributed by atoms with Crippen LogP contribution in [-0.2, 0) is 16.9 Å². The lowest BCUT2D eigenvalue weighted by molar-refractivity contribution is -0.131. The Kier molecular flexibility index (Phi) is 4.58. The van der Waals surface area contributed by atoms with Crippen LogP contribution in [0, 0.1) is 11.6 Å². The maximum atomic E-state index is 14.2. The summed E-state index contributed by atoms with van der Waals surface area (Å²) in [6, 6.07) is 6.83. The number of halogens is 3. The Bertz CT molecular complexity index is 906. The molecule has 3 rings (SSSR count). The number of hydrogen-bond donors (Lipinski definition) is 1. The maximum Gasteiger partial charge on any atom is 0.325 e. The van der Waals surface area contributed by atoms with Gasteiger partial charge in [-0.3, -0.25) is 9.69 Å². The summed E-state index contributed by atoms with van der Waals surface area (Å²) in [7, 11) is 1.45. The van der Waals surface area contributed by atoms with E-state index in [1.54, 1.807) is 18.2 Å². The van der Waals surface area contributed by atoms with Crippen molar-refractivity contribution in [2.24, 2.45) is 0 Å². The van der Waals surface area contributed by atoms with Crippen LogP contribution in [0.15, 0.2) is 36.4 Å². The summed E-state index contributed by atoms with van der Waals surface area (Å²) in [4.78, 5) is 26.1. The zero-order chi connectivity index (χ0) is 19.1. The lowest BCUT2D eigenvalue weighted by Gasteiger charge is -2.23. The van der Waals surface area contributed by atoms with Crippen molar-refractivity contribution in [2.75, 3.05) is 7.11 Å². The number of urea groups is 1. The second-order valence-electron chi connectivity index (χ2n) is 6.03. The average molecular weight is 381 g/mol. The molecule has 1 atom stereocenters. The number of methoxy groups -OCH3 is 1. The zero-order valence-electron chi connectivity index (χ0n) is 14.0. The molecule has 2 aromatic carbocycles. The zero-order valence-corrected chi connectivity index (χ0v) is 14.7. The van der Waals surface area contributed by atoms with Crippen molar-refractivity contribution >= 4 is 23.5 Å². The largest absolute Gasteiger partial charge is 0.496 e. The second kappa shape index (κ2) is 6.57. The number of nitrogens with zero attached hydrogens (tertiary/aromatic N) is 1. The van der Waals surface area contributed by atoms with E-state index in [1.807, 2.05) is 0 Å². The van der Waals surface area contributed by atoms with E-state index in [1.165, 1.54) is 14.0 Å². The molecular formula is C18H15ClF2N2O3. The third-order valence-corrected chi connectivity index (χ3v) is 4.55. The van der Waals surface area contributed by atoms with Crippen molar-refractivity contribution < 1.29 is 23.1 Å². The quantitative estimate of drug-likeness (QED) is 0.824. The smallest absolute Gasteiger partial charge is 0.325 e. The Morgan fingerprint density at radius 2 is 1.92 bits per heavy atom. The predicted molar refractivity (Wildman–Crippen MR) is 90.8 cm³/mol. The molecule has 0 bridgehead atoms. The van der Waals surface area contributed by atoms with Gasteiger partial charge in [0.2, 0.25) is 0 Å². The van der Waals surface area contributed by atoms with Gasteiger partial charge in [0.05, 0.1) is 13.7 Å². The molecule has 0 radical (unpaired) electrons. The van der Waals surface area contributed by atoms with Gasteiger partial charge in [-0.15, -0.1) is 0 Å². The molecule has 8 heteroatoms. The number of amides is 3. The van der Waals surface area contributed by atoms with Crippen molar-refractivity contribution in [3.05, 3.63) is 64.2 Å². The summed E-state index contributed by atoms with van der Waals surface area (Å²) in [5, 5.41) is 2.85. The molecule has 5 nitrogen and oxygen atoms in total. The Hall–Kier alpha value is -2.67. The SMILES string of the molecule is COc1ccc(Cl)cc1CN1C(=O)NC(C)(c2cc(F)ccc2F)C1=O. The first kappa shape index (κ1) is 18.1. The van der Waals surface area contributed by atoms with Gasteiger partial charge >= 0.3 is 6.03 Å². The Morgan fingerprint density at radius 1 is 1.19 bits per heavy atom. The first-order valence-corrected chi connectivity index (χ1v) is 8.06. The average Bonchev–Trinajstić information content (AvgIpc) is 2.81. The number of ether oxygens (including phenoxy) is 1. The fourth-order valence-corrected chi connectivity index (χ4v) is 3.14. The van der Waals surface area contributed by atoms with Gasteiger partial charge in [-0.05, 0) is 43.3 Å². The molecule has 2 aromatic rings. The summed E-state index contributed by atoms with van der Waals surface area (Å²) in [5.74, 6) is -1.75. The van der Waals surface area contributed by atoms with Crippen LogP contribution in [0.5, 0.6) is 5.75 Å². The minimum absolute atomic E-state index is 0.124. The number of benzene rings is 2. The summed E-state index contributed by atoms with van der Waals surface area (Å²) < 4.78 is 32.9. The van der Waals surface area contributed by atoms with E-state index in [0.717, 1.165) is 23.1 Å². The molecule has 0 aromatic heterocycles. The molecule has 1 N–H and O–H groups in total. The molecule has 1 fully saturated rings. The minimum Gasteiger partial charge on any atom is -0.496 e. The van der Waals surface area contributed by atoms with E-state index in [0.29, 0.717) is 16.3 Å². The third kappa shape index (κ3) is 2.99. The molecule has 136 valence electrons.